The highest BCUT2D eigenvalue weighted by Crippen LogP contribution is 2.44. The smallest absolute Gasteiger partial charge is 0.407 e. The second-order valence-electron chi connectivity index (χ2n) is 7.15. The van der Waals surface area contributed by atoms with E-state index in [1.54, 1.807) is 6.20 Å². The standard InChI is InChI=1S/C25H21N3O2/c1-17-13-18(15-28-24(17)14-26)7-6-12-27-25(29)30-16-23-21-10-4-2-8-19(21)20-9-3-5-11-22(20)23/h2-11,13,15,23H,12,16H2,1H3,(H,27,29). The van der Waals surface area contributed by atoms with Crippen LogP contribution >= 0.6 is 0 Å². The van der Waals surface area contributed by atoms with Crippen molar-refractivity contribution in [2.45, 2.75) is 12.8 Å². The van der Waals surface area contributed by atoms with Crippen LogP contribution in [-0.4, -0.2) is 24.2 Å². The van der Waals surface area contributed by atoms with Gasteiger partial charge in [0.05, 0.1) is 0 Å². The van der Waals surface area contributed by atoms with Crippen molar-refractivity contribution in [3.05, 3.63) is 94.8 Å². The fraction of sp³-hybridized carbons (Fsp3) is 0.160. The Morgan fingerprint density at radius 3 is 2.47 bits per heavy atom. The van der Waals surface area contributed by atoms with Crippen LogP contribution in [0.25, 0.3) is 17.2 Å². The van der Waals surface area contributed by atoms with Gasteiger partial charge in [-0.25, -0.2) is 9.78 Å². The Morgan fingerprint density at radius 2 is 1.83 bits per heavy atom. The Morgan fingerprint density at radius 1 is 1.17 bits per heavy atom. The number of nitrogens with one attached hydrogen (secondary N) is 1. The number of nitriles is 1. The van der Waals surface area contributed by atoms with E-state index in [0.717, 1.165) is 11.1 Å². The maximum Gasteiger partial charge on any atom is 0.407 e. The third kappa shape index (κ3) is 3.94. The van der Waals surface area contributed by atoms with E-state index < -0.39 is 6.09 Å². The van der Waals surface area contributed by atoms with Gasteiger partial charge in [-0.3, -0.25) is 0 Å². The summed E-state index contributed by atoms with van der Waals surface area (Å²) in [6.45, 7) is 2.48. The average molecular weight is 395 g/mol. The molecule has 0 aliphatic heterocycles. The zero-order valence-electron chi connectivity index (χ0n) is 16.6. The van der Waals surface area contributed by atoms with Crippen molar-refractivity contribution in [1.29, 1.82) is 5.26 Å². The number of hydrogen-bond acceptors (Lipinski definition) is 4. The molecule has 0 fully saturated rings. The minimum atomic E-state index is -0.448. The summed E-state index contributed by atoms with van der Waals surface area (Å²) in [5, 5.41) is 11.7. The van der Waals surface area contributed by atoms with E-state index in [1.807, 2.05) is 55.5 Å². The summed E-state index contributed by atoms with van der Waals surface area (Å²) in [6, 6.07) is 20.4. The van der Waals surface area contributed by atoms with Crippen molar-refractivity contribution < 1.29 is 9.53 Å². The van der Waals surface area contributed by atoms with Gasteiger partial charge in [-0.2, -0.15) is 5.26 Å². The molecule has 1 aliphatic carbocycles. The van der Waals surface area contributed by atoms with E-state index in [-0.39, 0.29) is 5.92 Å². The lowest BCUT2D eigenvalue weighted by atomic mass is 9.98. The van der Waals surface area contributed by atoms with Crippen LogP contribution in [0, 0.1) is 18.3 Å². The Balaban J connectivity index is 1.32. The molecule has 1 heterocycles. The minimum Gasteiger partial charge on any atom is -0.449 e. The molecular weight excluding hydrogens is 374 g/mol. The molecular formula is C25H21N3O2. The third-order valence-corrected chi connectivity index (χ3v) is 5.22. The lowest BCUT2D eigenvalue weighted by Crippen LogP contribution is -2.26. The first-order valence-electron chi connectivity index (χ1n) is 9.79. The van der Waals surface area contributed by atoms with Gasteiger partial charge in [-0.05, 0) is 46.4 Å². The van der Waals surface area contributed by atoms with Crippen LogP contribution in [-0.2, 0) is 4.74 Å². The number of aryl methyl sites for hydroxylation is 1. The number of rotatable bonds is 5. The first kappa shape index (κ1) is 19.4. The summed E-state index contributed by atoms with van der Waals surface area (Å²) in [7, 11) is 0. The van der Waals surface area contributed by atoms with Gasteiger partial charge in [0.1, 0.15) is 18.4 Å². The van der Waals surface area contributed by atoms with Crippen molar-refractivity contribution in [1.82, 2.24) is 10.3 Å². The molecule has 0 atom stereocenters. The van der Waals surface area contributed by atoms with Crippen molar-refractivity contribution in [2.24, 2.45) is 0 Å². The summed E-state index contributed by atoms with van der Waals surface area (Å²) in [5.41, 5.74) is 6.91. The van der Waals surface area contributed by atoms with Crippen LogP contribution in [0.3, 0.4) is 0 Å². The number of carbonyl (C=O) groups is 1. The predicted molar refractivity (Wildman–Crippen MR) is 116 cm³/mol. The molecule has 4 rings (SSSR count). The molecule has 148 valence electrons. The zero-order chi connectivity index (χ0) is 20.9. The van der Waals surface area contributed by atoms with Crippen LogP contribution in [0.5, 0.6) is 0 Å². The number of alkyl carbamates (subject to hydrolysis) is 1. The van der Waals surface area contributed by atoms with E-state index in [4.69, 9.17) is 10.00 Å². The predicted octanol–water partition coefficient (Wildman–Crippen LogP) is 4.81. The van der Waals surface area contributed by atoms with Gasteiger partial charge in [0.15, 0.2) is 0 Å². The van der Waals surface area contributed by atoms with E-state index in [0.29, 0.717) is 18.8 Å². The molecule has 5 nitrogen and oxygen atoms in total. The highest BCUT2D eigenvalue weighted by Gasteiger charge is 2.28. The highest BCUT2D eigenvalue weighted by molar-refractivity contribution is 5.79. The summed E-state index contributed by atoms with van der Waals surface area (Å²) in [5.74, 6) is 0.0476. The van der Waals surface area contributed by atoms with Crippen LogP contribution < -0.4 is 5.32 Å². The monoisotopic (exact) mass is 395 g/mol. The fourth-order valence-corrected chi connectivity index (χ4v) is 3.79. The van der Waals surface area contributed by atoms with Crippen LogP contribution in [0.15, 0.2) is 66.9 Å². The molecule has 0 saturated carbocycles. The van der Waals surface area contributed by atoms with Gasteiger partial charge < -0.3 is 10.1 Å². The molecule has 0 bridgehead atoms. The number of benzene rings is 2. The summed E-state index contributed by atoms with van der Waals surface area (Å²) in [6.07, 6.45) is 4.86. The van der Waals surface area contributed by atoms with Crippen molar-refractivity contribution in [3.8, 4) is 17.2 Å². The Hall–Kier alpha value is -3.91. The van der Waals surface area contributed by atoms with Crippen molar-refractivity contribution >= 4 is 12.2 Å². The Kier molecular flexibility index (Phi) is 5.58. The van der Waals surface area contributed by atoms with Gasteiger partial charge in [0, 0.05) is 18.7 Å². The molecule has 2 aromatic carbocycles. The number of carbonyl (C=O) groups excluding carboxylic acids is 1. The molecule has 1 amide bonds. The number of amides is 1. The van der Waals surface area contributed by atoms with E-state index >= 15 is 0 Å². The zero-order valence-corrected chi connectivity index (χ0v) is 16.6. The first-order chi connectivity index (χ1) is 14.7. The number of fused-ring (bicyclic) bond motifs is 3. The van der Waals surface area contributed by atoms with E-state index in [9.17, 15) is 4.79 Å². The highest BCUT2D eigenvalue weighted by atomic mass is 16.5. The van der Waals surface area contributed by atoms with Gasteiger partial charge in [-0.15, -0.1) is 0 Å². The normalized spacial score (nSPS) is 12.3. The van der Waals surface area contributed by atoms with E-state index in [1.165, 1.54) is 22.3 Å². The lowest BCUT2D eigenvalue weighted by molar-refractivity contribution is 0.144. The van der Waals surface area contributed by atoms with Crippen molar-refractivity contribution in [2.75, 3.05) is 13.2 Å². The Labute approximate surface area is 175 Å². The van der Waals surface area contributed by atoms with Crippen molar-refractivity contribution in [3.63, 3.8) is 0 Å². The molecule has 5 heteroatoms. The number of aromatic nitrogens is 1. The molecule has 0 radical (unpaired) electrons. The average Bonchev–Trinajstić information content (AvgIpc) is 3.09. The Bertz CT molecular complexity index is 1120. The largest absolute Gasteiger partial charge is 0.449 e. The number of ether oxygens (including phenoxy) is 1. The molecule has 0 spiro atoms. The van der Waals surface area contributed by atoms with Gasteiger partial charge in [0.2, 0.25) is 0 Å². The summed E-state index contributed by atoms with van der Waals surface area (Å²) in [4.78, 5) is 16.3. The molecule has 30 heavy (non-hydrogen) atoms. The molecule has 0 unspecified atom stereocenters. The SMILES string of the molecule is Cc1cc(C=CCNC(=O)OCC2c3ccccc3-c3ccccc32)cnc1C#N. The molecule has 3 aromatic rings. The second kappa shape index (κ2) is 8.62. The molecule has 0 saturated heterocycles. The number of nitrogens with zero attached hydrogens (tertiary/aromatic N) is 2. The first-order valence-corrected chi connectivity index (χ1v) is 9.79. The lowest BCUT2D eigenvalue weighted by Gasteiger charge is -2.14. The van der Waals surface area contributed by atoms with E-state index in [2.05, 4.69) is 34.6 Å². The minimum absolute atomic E-state index is 0.0476. The molecule has 1 aromatic heterocycles. The third-order valence-electron chi connectivity index (χ3n) is 5.22. The summed E-state index contributed by atoms with van der Waals surface area (Å²) < 4.78 is 5.51. The molecule has 1 N–H and O–H groups in total. The van der Waals surface area contributed by atoms with Gasteiger partial charge in [-0.1, -0.05) is 60.7 Å². The van der Waals surface area contributed by atoms with Gasteiger partial charge >= 0.3 is 6.09 Å². The number of pyridine rings is 1. The summed E-state index contributed by atoms with van der Waals surface area (Å²) >= 11 is 0. The molecule has 1 aliphatic rings. The second-order valence-corrected chi connectivity index (χ2v) is 7.15. The fourth-order valence-electron chi connectivity index (χ4n) is 3.79. The maximum absolute atomic E-state index is 12.2. The van der Waals surface area contributed by atoms with Crippen LogP contribution in [0.1, 0.15) is 33.9 Å². The quantitative estimate of drug-likeness (QED) is 0.672. The topological polar surface area (TPSA) is 75.0 Å². The number of hydrogen-bond donors (Lipinski definition) is 1. The van der Waals surface area contributed by atoms with Crippen LogP contribution in [0.4, 0.5) is 4.79 Å². The van der Waals surface area contributed by atoms with Crippen LogP contribution in [0.2, 0.25) is 0 Å². The van der Waals surface area contributed by atoms with Gasteiger partial charge in [0.25, 0.3) is 0 Å². The maximum atomic E-state index is 12.2.